The van der Waals surface area contributed by atoms with Crippen molar-refractivity contribution in [3.8, 4) is 0 Å². The van der Waals surface area contributed by atoms with E-state index in [1.165, 1.54) is 22.4 Å². The maximum atomic E-state index is 6.13. The summed E-state index contributed by atoms with van der Waals surface area (Å²) in [7, 11) is 0. The molecule has 0 N–H and O–H groups in total. The van der Waals surface area contributed by atoms with Crippen LogP contribution in [0.3, 0.4) is 0 Å². The number of benzene rings is 2. The monoisotopic (exact) mass is 365 g/mol. The summed E-state index contributed by atoms with van der Waals surface area (Å²) in [6.07, 6.45) is 0. The highest BCUT2D eigenvalue weighted by Gasteiger charge is 2.20. The zero-order valence-electron chi connectivity index (χ0n) is 15.6. The van der Waals surface area contributed by atoms with Gasteiger partial charge in [0.05, 0.1) is 5.52 Å². The minimum atomic E-state index is 0.761. The van der Waals surface area contributed by atoms with Gasteiger partial charge in [-0.1, -0.05) is 23.7 Å². The number of pyridine rings is 1. The highest BCUT2D eigenvalue weighted by atomic mass is 35.5. The SMILES string of the molecule is Cc1ccc(C)c(N2CCN(c3cc(C)c4cc(Cl)ccc4n3)CC2)c1. The molecule has 0 aliphatic carbocycles. The first-order chi connectivity index (χ1) is 12.5. The Hall–Kier alpha value is -2.26. The molecule has 0 unspecified atom stereocenters. The van der Waals surface area contributed by atoms with Gasteiger partial charge in [0.15, 0.2) is 0 Å². The van der Waals surface area contributed by atoms with Crippen LogP contribution in [0.1, 0.15) is 16.7 Å². The number of aryl methyl sites for hydroxylation is 3. The van der Waals surface area contributed by atoms with Crippen LogP contribution in [0.2, 0.25) is 5.02 Å². The number of hydrogen-bond acceptors (Lipinski definition) is 3. The van der Waals surface area contributed by atoms with Gasteiger partial charge in [-0.3, -0.25) is 0 Å². The van der Waals surface area contributed by atoms with E-state index in [2.05, 4.69) is 54.8 Å². The highest BCUT2D eigenvalue weighted by Crippen LogP contribution is 2.27. The topological polar surface area (TPSA) is 19.4 Å². The van der Waals surface area contributed by atoms with E-state index in [-0.39, 0.29) is 0 Å². The molecule has 4 heteroatoms. The van der Waals surface area contributed by atoms with Gasteiger partial charge in [0.1, 0.15) is 5.82 Å². The Balaban J connectivity index is 1.55. The fraction of sp³-hybridized carbons (Fsp3) is 0.318. The van der Waals surface area contributed by atoms with Gasteiger partial charge in [0.2, 0.25) is 0 Å². The van der Waals surface area contributed by atoms with E-state index in [4.69, 9.17) is 16.6 Å². The lowest BCUT2D eigenvalue weighted by molar-refractivity contribution is 0.647. The standard InChI is InChI=1S/C22H24ClN3/c1-15-4-5-16(2)21(12-15)25-8-10-26(11-9-25)22-13-17(3)19-14-18(23)6-7-20(19)24-22/h4-7,12-14H,8-11H2,1-3H3. The second-order valence-corrected chi connectivity index (χ2v) is 7.66. The normalized spacial score (nSPS) is 14.9. The predicted molar refractivity (Wildman–Crippen MR) is 112 cm³/mol. The van der Waals surface area contributed by atoms with Gasteiger partial charge in [-0.05, 0) is 67.8 Å². The average molecular weight is 366 g/mol. The predicted octanol–water partition coefficient (Wildman–Crippen LogP) is 5.14. The number of anilines is 2. The quantitative estimate of drug-likeness (QED) is 0.626. The summed E-state index contributed by atoms with van der Waals surface area (Å²) in [6, 6.07) is 14.8. The van der Waals surface area contributed by atoms with E-state index >= 15 is 0 Å². The fourth-order valence-electron chi connectivity index (χ4n) is 3.75. The molecular weight excluding hydrogens is 342 g/mol. The molecule has 1 fully saturated rings. The molecule has 3 aromatic rings. The van der Waals surface area contributed by atoms with Crippen LogP contribution in [0.4, 0.5) is 11.5 Å². The minimum absolute atomic E-state index is 0.761. The van der Waals surface area contributed by atoms with Crippen LogP contribution >= 0.6 is 11.6 Å². The smallest absolute Gasteiger partial charge is 0.129 e. The third-order valence-corrected chi connectivity index (χ3v) is 5.51. The Morgan fingerprint density at radius 2 is 1.54 bits per heavy atom. The van der Waals surface area contributed by atoms with Crippen LogP contribution in [0.25, 0.3) is 10.9 Å². The van der Waals surface area contributed by atoms with Crippen LogP contribution in [-0.2, 0) is 0 Å². The number of fused-ring (bicyclic) bond motifs is 1. The number of hydrogen-bond donors (Lipinski definition) is 0. The molecule has 26 heavy (non-hydrogen) atoms. The number of piperazine rings is 1. The number of rotatable bonds is 2. The summed E-state index contributed by atoms with van der Waals surface area (Å²) in [5.41, 5.74) is 6.27. The van der Waals surface area contributed by atoms with Gasteiger partial charge in [-0.2, -0.15) is 0 Å². The molecule has 2 aromatic carbocycles. The largest absolute Gasteiger partial charge is 0.368 e. The molecule has 1 aromatic heterocycles. The molecule has 0 atom stereocenters. The van der Waals surface area contributed by atoms with Crippen molar-refractivity contribution in [2.75, 3.05) is 36.0 Å². The average Bonchev–Trinajstić information content (AvgIpc) is 2.64. The van der Waals surface area contributed by atoms with Crippen molar-refractivity contribution in [1.82, 2.24) is 4.98 Å². The zero-order chi connectivity index (χ0) is 18.3. The first-order valence-electron chi connectivity index (χ1n) is 9.15. The van der Waals surface area contributed by atoms with Gasteiger partial charge in [-0.15, -0.1) is 0 Å². The zero-order valence-corrected chi connectivity index (χ0v) is 16.3. The number of aromatic nitrogens is 1. The molecular formula is C22H24ClN3. The molecule has 0 radical (unpaired) electrons. The molecule has 0 saturated carbocycles. The van der Waals surface area contributed by atoms with Gasteiger partial charge in [0.25, 0.3) is 0 Å². The van der Waals surface area contributed by atoms with Crippen LogP contribution in [-0.4, -0.2) is 31.2 Å². The van der Waals surface area contributed by atoms with E-state index in [1.54, 1.807) is 0 Å². The van der Waals surface area contributed by atoms with E-state index in [0.717, 1.165) is 47.9 Å². The van der Waals surface area contributed by atoms with Crippen molar-refractivity contribution >= 4 is 34.0 Å². The second kappa shape index (κ2) is 6.81. The van der Waals surface area contributed by atoms with Crippen molar-refractivity contribution < 1.29 is 0 Å². The maximum absolute atomic E-state index is 6.13. The third-order valence-electron chi connectivity index (χ3n) is 5.27. The van der Waals surface area contributed by atoms with E-state index in [9.17, 15) is 0 Å². The molecule has 3 nitrogen and oxygen atoms in total. The molecule has 1 saturated heterocycles. The second-order valence-electron chi connectivity index (χ2n) is 7.22. The van der Waals surface area contributed by atoms with Gasteiger partial charge in [0, 0.05) is 42.3 Å². The van der Waals surface area contributed by atoms with E-state index < -0.39 is 0 Å². The molecule has 4 rings (SSSR count). The van der Waals surface area contributed by atoms with Gasteiger partial charge >= 0.3 is 0 Å². The van der Waals surface area contributed by atoms with Crippen molar-refractivity contribution in [1.29, 1.82) is 0 Å². The molecule has 2 heterocycles. The Labute approximate surface area is 160 Å². The molecule has 1 aliphatic rings. The van der Waals surface area contributed by atoms with Crippen LogP contribution in [0.15, 0.2) is 42.5 Å². The Kier molecular flexibility index (Phi) is 4.49. The van der Waals surface area contributed by atoms with Gasteiger partial charge < -0.3 is 9.80 Å². The summed E-state index contributed by atoms with van der Waals surface area (Å²) in [5.74, 6) is 1.07. The fourth-order valence-corrected chi connectivity index (χ4v) is 3.92. The Morgan fingerprint density at radius 1 is 0.808 bits per heavy atom. The molecule has 134 valence electrons. The van der Waals surface area contributed by atoms with Crippen molar-refractivity contribution in [2.45, 2.75) is 20.8 Å². The summed E-state index contributed by atoms with van der Waals surface area (Å²) >= 11 is 6.13. The lowest BCUT2D eigenvalue weighted by atomic mass is 10.1. The Morgan fingerprint density at radius 3 is 2.31 bits per heavy atom. The number of nitrogens with zero attached hydrogens (tertiary/aromatic N) is 3. The molecule has 0 bridgehead atoms. The summed E-state index contributed by atoms with van der Waals surface area (Å²) in [6.45, 7) is 10.5. The third kappa shape index (κ3) is 3.24. The lowest BCUT2D eigenvalue weighted by Gasteiger charge is -2.37. The molecule has 1 aliphatic heterocycles. The van der Waals surface area contributed by atoms with Crippen molar-refractivity contribution in [2.24, 2.45) is 0 Å². The molecule has 0 spiro atoms. The molecule has 0 amide bonds. The lowest BCUT2D eigenvalue weighted by Crippen LogP contribution is -2.47. The Bertz CT molecular complexity index is 959. The van der Waals surface area contributed by atoms with E-state index in [1.807, 2.05) is 18.2 Å². The maximum Gasteiger partial charge on any atom is 0.129 e. The highest BCUT2D eigenvalue weighted by molar-refractivity contribution is 6.31. The minimum Gasteiger partial charge on any atom is -0.368 e. The van der Waals surface area contributed by atoms with Crippen molar-refractivity contribution in [3.63, 3.8) is 0 Å². The van der Waals surface area contributed by atoms with Crippen LogP contribution < -0.4 is 9.80 Å². The van der Waals surface area contributed by atoms with Crippen LogP contribution in [0, 0.1) is 20.8 Å². The van der Waals surface area contributed by atoms with Crippen molar-refractivity contribution in [3.05, 3.63) is 64.2 Å². The van der Waals surface area contributed by atoms with Gasteiger partial charge in [-0.25, -0.2) is 4.98 Å². The van der Waals surface area contributed by atoms with Crippen LogP contribution in [0.5, 0.6) is 0 Å². The first kappa shape index (κ1) is 17.2. The van der Waals surface area contributed by atoms with E-state index in [0.29, 0.717) is 0 Å². The summed E-state index contributed by atoms with van der Waals surface area (Å²) in [5, 5.41) is 1.90. The summed E-state index contributed by atoms with van der Waals surface area (Å²) in [4.78, 5) is 9.76. The summed E-state index contributed by atoms with van der Waals surface area (Å²) < 4.78 is 0. The first-order valence-corrected chi connectivity index (χ1v) is 9.53. The number of halogens is 1.